The maximum atomic E-state index is 13.1. The number of carbonyl (C=O) groups excluding carboxylic acids is 2. The van der Waals surface area contributed by atoms with Gasteiger partial charge in [-0.05, 0) is 43.7 Å². The molecule has 8 nitrogen and oxygen atoms in total. The number of hydrogen-bond acceptors (Lipinski definition) is 6. The van der Waals surface area contributed by atoms with Gasteiger partial charge in [0.2, 0.25) is 17.8 Å². The van der Waals surface area contributed by atoms with Crippen LogP contribution in [0.1, 0.15) is 76.2 Å². The van der Waals surface area contributed by atoms with Gasteiger partial charge in [0.25, 0.3) is 0 Å². The Labute approximate surface area is 202 Å². The molecule has 0 bridgehead atoms. The quantitative estimate of drug-likeness (QED) is 0.456. The molecule has 1 aromatic rings. The van der Waals surface area contributed by atoms with Crippen molar-refractivity contribution in [3.05, 3.63) is 23.8 Å². The van der Waals surface area contributed by atoms with Crippen molar-refractivity contribution in [2.45, 2.75) is 83.2 Å². The molecule has 0 spiro atoms. The highest BCUT2D eigenvalue weighted by Crippen LogP contribution is 2.31. The molecule has 3 aliphatic rings. The lowest BCUT2D eigenvalue weighted by atomic mass is 9.93. The molecule has 8 heteroatoms. The van der Waals surface area contributed by atoms with Gasteiger partial charge in [-0.15, -0.1) is 0 Å². The maximum absolute atomic E-state index is 13.1. The number of nitrogens with one attached hydrogen (secondary N) is 1. The Hall–Kier alpha value is -2.61. The van der Waals surface area contributed by atoms with Crippen LogP contribution >= 0.6 is 0 Å². The average Bonchev–Trinajstić information content (AvgIpc) is 3.21. The Morgan fingerprint density at radius 3 is 2.76 bits per heavy atom. The number of nitrogens with zero attached hydrogens (tertiary/aromatic N) is 3. The predicted molar refractivity (Wildman–Crippen MR) is 131 cm³/mol. The van der Waals surface area contributed by atoms with Crippen molar-refractivity contribution < 1.29 is 19.4 Å². The van der Waals surface area contributed by atoms with Crippen LogP contribution < -0.4 is 10.1 Å². The first-order valence-corrected chi connectivity index (χ1v) is 12.9. The van der Waals surface area contributed by atoms with Gasteiger partial charge in [0, 0.05) is 38.2 Å². The first kappa shape index (κ1) is 24.5. The highest BCUT2D eigenvalue weighted by atomic mass is 16.5. The smallest absolute Gasteiger partial charge is 0.246 e. The number of aliphatic hydroxyl groups excluding tert-OH is 1. The fourth-order valence-electron chi connectivity index (χ4n) is 5.12. The van der Waals surface area contributed by atoms with E-state index in [1.807, 2.05) is 23.1 Å². The van der Waals surface area contributed by atoms with E-state index in [-0.39, 0.29) is 18.4 Å². The van der Waals surface area contributed by atoms with Gasteiger partial charge in [-0.1, -0.05) is 38.2 Å². The molecule has 1 aromatic carbocycles. The molecular weight excluding hydrogens is 432 g/mol. The van der Waals surface area contributed by atoms with Crippen LogP contribution in [0.2, 0.25) is 0 Å². The van der Waals surface area contributed by atoms with Crippen molar-refractivity contribution in [3.8, 4) is 5.75 Å². The minimum Gasteiger partial charge on any atom is -0.494 e. The van der Waals surface area contributed by atoms with E-state index in [4.69, 9.17) is 9.84 Å². The van der Waals surface area contributed by atoms with Crippen LogP contribution in [-0.4, -0.2) is 65.0 Å². The first-order valence-electron chi connectivity index (χ1n) is 12.9. The van der Waals surface area contributed by atoms with Gasteiger partial charge in [0.1, 0.15) is 12.3 Å². The normalized spacial score (nSPS) is 17.6. The van der Waals surface area contributed by atoms with Crippen molar-refractivity contribution in [1.82, 2.24) is 15.1 Å². The maximum Gasteiger partial charge on any atom is 0.246 e. The Balaban J connectivity index is 1.24. The van der Waals surface area contributed by atoms with E-state index in [2.05, 4.69) is 15.2 Å². The molecule has 1 aliphatic carbocycles. The van der Waals surface area contributed by atoms with Crippen molar-refractivity contribution in [1.29, 1.82) is 0 Å². The molecule has 0 unspecified atom stereocenters. The predicted octanol–water partition coefficient (Wildman–Crippen LogP) is 3.49. The summed E-state index contributed by atoms with van der Waals surface area (Å²) in [5.74, 6) is 1.56. The third-order valence-corrected chi connectivity index (χ3v) is 6.98. The summed E-state index contributed by atoms with van der Waals surface area (Å²) < 4.78 is 5.94. The summed E-state index contributed by atoms with van der Waals surface area (Å²) in [6, 6.07) is 6.23. The van der Waals surface area contributed by atoms with Gasteiger partial charge < -0.3 is 19.6 Å². The van der Waals surface area contributed by atoms with E-state index in [1.165, 1.54) is 19.3 Å². The third-order valence-electron chi connectivity index (χ3n) is 6.98. The lowest BCUT2D eigenvalue weighted by Crippen LogP contribution is -2.42. The van der Waals surface area contributed by atoms with Crippen LogP contribution in [0.15, 0.2) is 23.2 Å². The fourth-order valence-corrected chi connectivity index (χ4v) is 5.12. The summed E-state index contributed by atoms with van der Waals surface area (Å²) in [6.07, 6.45) is 11.1. The number of aliphatic imine (C=N–C) groups is 1. The fraction of sp³-hybridized carbons (Fsp3) is 0.654. The summed E-state index contributed by atoms with van der Waals surface area (Å²) >= 11 is 0. The zero-order valence-corrected chi connectivity index (χ0v) is 20.1. The van der Waals surface area contributed by atoms with Gasteiger partial charge in [-0.3, -0.25) is 14.9 Å². The van der Waals surface area contributed by atoms with E-state index in [0.29, 0.717) is 44.5 Å². The number of unbranched alkanes of at least 4 members (excludes halogenated alkanes) is 3. The van der Waals surface area contributed by atoms with E-state index >= 15 is 0 Å². The topological polar surface area (TPSA) is 94.5 Å². The minimum atomic E-state index is -0.0277. The average molecular weight is 471 g/mol. The summed E-state index contributed by atoms with van der Waals surface area (Å²) in [6.45, 7) is 2.58. The number of carbonyl (C=O) groups is 2. The molecule has 2 amide bonds. The SMILES string of the molecule is O=C1CN2Cc3ccc(OCCCC(=O)N(CCCCCCO)C4CCCCC4)cc3N=C2N1. The van der Waals surface area contributed by atoms with Crippen molar-refractivity contribution in [3.63, 3.8) is 0 Å². The van der Waals surface area contributed by atoms with Crippen molar-refractivity contribution >= 4 is 23.5 Å². The largest absolute Gasteiger partial charge is 0.494 e. The second-order valence-electron chi connectivity index (χ2n) is 9.60. The Kier molecular flexibility index (Phi) is 8.79. The molecule has 0 aromatic heterocycles. The number of benzene rings is 1. The highest BCUT2D eigenvalue weighted by molar-refractivity contribution is 6.05. The van der Waals surface area contributed by atoms with Gasteiger partial charge in [0.15, 0.2) is 0 Å². The molecule has 1 saturated carbocycles. The van der Waals surface area contributed by atoms with Crippen LogP contribution in [0.25, 0.3) is 0 Å². The zero-order chi connectivity index (χ0) is 23.8. The summed E-state index contributed by atoms with van der Waals surface area (Å²) in [4.78, 5) is 33.3. The molecule has 1 saturated heterocycles. The lowest BCUT2D eigenvalue weighted by Gasteiger charge is -2.34. The summed E-state index contributed by atoms with van der Waals surface area (Å²) in [5, 5.41) is 11.8. The standard InChI is InChI=1S/C26H38N4O4/c31-15-7-2-1-6-14-30(21-9-4-3-5-10-21)25(33)11-8-16-34-22-13-12-20-18-29-19-24(32)28-26(29)27-23(20)17-22/h12-13,17,21,31H,1-11,14-16,18-19H2,(H,27,28,32). The molecule has 2 N–H and O–H groups in total. The number of guanidine groups is 1. The molecule has 2 aliphatic heterocycles. The van der Waals surface area contributed by atoms with Crippen LogP contribution in [-0.2, 0) is 16.1 Å². The molecule has 0 radical (unpaired) electrons. The molecule has 34 heavy (non-hydrogen) atoms. The Bertz CT molecular complexity index is 882. The van der Waals surface area contributed by atoms with E-state index < -0.39 is 0 Å². The van der Waals surface area contributed by atoms with Crippen molar-refractivity contribution in [2.75, 3.05) is 26.3 Å². The first-order chi connectivity index (χ1) is 16.6. The number of aliphatic hydroxyl groups is 1. The van der Waals surface area contributed by atoms with E-state index in [9.17, 15) is 9.59 Å². The van der Waals surface area contributed by atoms with Crippen molar-refractivity contribution in [2.24, 2.45) is 4.99 Å². The van der Waals surface area contributed by atoms with E-state index in [0.717, 1.165) is 62.1 Å². The Morgan fingerprint density at radius 2 is 1.94 bits per heavy atom. The second kappa shape index (κ2) is 12.2. The number of amides is 2. The lowest BCUT2D eigenvalue weighted by molar-refractivity contribution is -0.134. The zero-order valence-electron chi connectivity index (χ0n) is 20.1. The molecule has 0 atom stereocenters. The minimum absolute atomic E-state index is 0.0277. The van der Waals surface area contributed by atoms with Crippen LogP contribution in [0, 0.1) is 0 Å². The van der Waals surface area contributed by atoms with Gasteiger partial charge in [0.05, 0.1) is 12.3 Å². The van der Waals surface area contributed by atoms with Gasteiger partial charge in [-0.25, -0.2) is 4.99 Å². The molecule has 4 rings (SSSR count). The number of ether oxygens (including phenoxy) is 1. The van der Waals surface area contributed by atoms with Gasteiger partial charge >= 0.3 is 0 Å². The summed E-state index contributed by atoms with van der Waals surface area (Å²) in [7, 11) is 0. The van der Waals surface area contributed by atoms with Crippen LogP contribution in [0.5, 0.6) is 5.75 Å². The number of rotatable bonds is 12. The molecule has 2 heterocycles. The second-order valence-corrected chi connectivity index (χ2v) is 9.60. The molecule has 2 fully saturated rings. The third kappa shape index (κ3) is 6.50. The number of fused-ring (bicyclic) bond motifs is 2. The summed E-state index contributed by atoms with van der Waals surface area (Å²) in [5.41, 5.74) is 1.90. The monoisotopic (exact) mass is 470 g/mol. The van der Waals surface area contributed by atoms with Crippen LogP contribution in [0.3, 0.4) is 0 Å². The van der Waals surface area contributed by atoms with Crippen LogP contribution in [0.4, 0.5) is 5.69 Å². The van der Waals surface area contributed by atoms with Gasteiger partial charge in [-0.2, -0.15) is 0 Å². The Morgan fingerprint density at radius 1 is 1.12 bits per heavy atom. The molecular formula is C26H38N4O4. The highest BCUT2D eigenvalue weighted by Gasteiger charge is 2.29. The van der Waals surface area contributed by atoms with E-state index in [1.54, 1.807) is 0 Å². The number of hydrogen-bond donors (Lipinski definition) is 2. The molecule has 186 valence electrons.